The maximum atomic E-state index is 13.6. The fourth-order valence-corrected chi connectivity index (χ4v) is 3.19. The number of carbonyl (C=O) groups excluding carboxylic acids is 1. The van der Waals surface area contributed by atoms with Crippen LogP contribution in [-0.2, 0) is 0 Å². The van der Waals surface area contributed by atoms with Crippen LogP contribution in [0.15, 0.2) is 42.5 Å². The van der Waals surface area contributed by atoms with Crippen LogP contribution in [0.1, 0.15) is 15.2 Å². The Morgan fingerprint density at radius 3 is 2.42 bits per heavy atom. The van der Waals surface area contributed by atoms with Gasteiger partial charge in [-0.15, -0.1) is 11.3 Å². The highest BCUT2D eigenvalue weighted by molar-refractivity contribution is 7.17. The number of aldehydes is 1. The number of thiophene rings is 1. The van der Waals surface area contributed by atoms with E-state index in [0.717, 1.165) is 11.3 Å². The molecule has 118 valence electrons. The summed E-state index contributed by atoms with van der Waals surface area (Å²) in [6, 6.07) is 12.6. The number of anilines is 1. The molecule has 0 fully saturated rings. The summed E-state index contributed by atoms with van der Waals surface area (Å²) >= 11 is 1.01. The highest BCUT2D eigenvalue weighted by Crippen LogP contribution is 2.34. The second-order valence-electron chi connectivity index (χ2n) is 5.05. The molecule has 0 radical (unpaired) electrons. The van der Waals surface area contributed by atoms with Gasteiger partial charge in [-0.05, 0) is 41.0 Å². The van der Waals surface area contributed by atoms with E-state index in [1.165, 1.54) is 18.2 Å². The highest BCUT2D eigenvalue weighted by atomic mass is 32.1. The van der Waals surface area contributed by atoms with Crippen molar-refractivity contribution in [2.75, 3.05) is 5.73 Å². The van der Waals surface area contributed by atoms with Gasteiger partial charge < -0.3 is 5.73 Å². The highest BCUT2D eigenvalue weighted by Gasteiger charge is 2.13. The molecule has 2 aromatic carbocycles. The third-order valence-electron chi connectivity index (χ3n) is 3.56. The van der Waals surface area contributed by atoms with Gasteiger partial charge in [0, 0.05) is 4.88 Å². The van der Waals surface area contributed by atoms with Crippen molar-refractivity contribution in [3.05, 3.63) is 64.5 Å². The van der Waals surface area contributed by atoms with Crippen molar-refractivity contribution in [3.63, 3.8) is 0 Å². The Bertz CT molecular complexity index is 989. The van der Waals surface area contributed by atoms with E-state index in [-0.39, 0.29) is 10.6 Å². The normalized spacial score (nSPS) is 10.4. The van der Waals surface area contributed by atoms with Gasteiger partial charge in [0.05, 0.1) is 17.3 Å². The Labute approximate surface area is 140 Å². The molecule has 0 aliphatic heterocycles. The van der Waals surface area contributed by atoms with Crippen LogP contribution in [0.5, 0.6) is 0 Å². The average Bonchev–Trinajstić information content (AvgIpc) is 2.97. The van der Waals surface area contributed by atoms with E-state index in [2.05, 4.69) is 6.07 Å². The first-order chi connectivity index (χ1) is 11.5. The summed E-state index contributed by atoms with van der Waals surface area (Å²) in [5.41, 5.74) is 7.50. The lowest BCUT2D eigenvalue weighted by molar-refractivity contribution is 0.112. The molecule has 0 bridgehead atoms. The number of halogens is 2. The molecule has 0 atom stereocenters. The number of hydrogen-bond acceptors (Lipinski definition) is 4. The summed E-state index contributed by atoms with van der Waals surface area (Å²) < 4.78 is 27.2. The van der Waals surface area contributed by atoms with Crippen molar-refractivity contribution in [1.82, 2.24) is 0 Å². The number of rotatable bonds is 3. The van der Waals surface area contributed by atoms with Crippen LogP contribution in [0.2, 0.25) is 0 Å². The molecule has 0 saturated heterocycles. The smallest absolute Gasteiger partial charge is 0.163 e. The lowest BCUT2D eigenvalue weighted by Gasteiger charge is -2.07. The van der Waals surface area contributed by atoms with Crippen molar-refractivity contribution < 1.29 is 13.6 Å². The standard InChI is InChI=1S/C18H10F2N2OS/c19-14-6-10(2-4-16(14)22)13-3-1-11(5-12(13)8-21)17-7-15(20)18(9-23)24-17/h1-7,9H,22H2. The third-order valence-corrected chi connectivity index (χ3v) is 4.64. The van der Waals surface area contributed by atoms with Crippen molar-refractivity contribution in [2.24, 2.45) is 0 Å². The Kier molecular flexibility index (Phi) is 4.11. The Morgan fingerprint density at radius 2 is 1.79 bits per heavy atom. The maximum absolute atomic E-state index is 13.6. The van der Waals surface area contributed by atoms with E-state index in [4.69, 9.17) is 5.73 Å². The first kappa shape index (κ1) is 15.8. The second kappa shape index (κ2) is 6.22. The van der Waals surface area contributed by atoms with Gasteiger partial charge in [-0.3, -0.25) is 4.79 Å². The van der Waals surface area contributed by atoms with Gasteiger partial charge in [0.1, 0.15) is 16.5 Å². The van der Waals surface area contributed by atoms with E-state index >= 15 is 0 Å². The number of hydrogen-bond donors (Lipinski definition) is 1. The first-order valence-corrected chi connectivity index (χ1v) is 7.69. The fraction of sp³-hybridized carbons (Fsp3) is 0. The zero-order chi connectivity index (χ0) is 17.3. The monoisotopic (exact) mass is 340 g/mol. The van der Waals surface area contributed by atoms with Gasteiger partial charge in [0.15, 0.2) is 6.29 Å². The van der Waals surface area contributed by atoms with E-state index in [1.807, 2.05) is 0 Å². The third kappa shape index (κ3) is 2.77. The minimum absolute atomic E-state index is 0.00758. The van der Waals surface area contributed by atoms with Crippen molar-refractivity contribution in [3.8, 4) is 27.6 Å². The van der Waals surface area contributed by atoms with E-state index in [9.17, 15) is 18.8 Å². The summed E-state index contributed by atoms with van der Waals surface area (Å²) in [5.74, 6) is -1.15. The number of carbonyl (C=O) groups is 1. The topological polar surface area (TPSA) is 66.9 Å². The van der Waals surface area contributed by atoms with Crippen molar-refractivity contribution >= 4 is 23.3 Å². The van der Waals surface area contributed by atoms with Gasteiger partial charge in [0.2, 0.25) is 0 Å². The van der Waals surface area contributed by atoms with Crippen molar-refractivity contribution in [1.29, 1.82) is 5.26 Å². The quantitative estimate of drug-likeness (QED) is 0.558. The number of nitrogen functional groups attached to an aromatic ring is 1. The van der Waals surface area contributed by atoms with Gasteiger partial charge in [-0.25, -0.2) is 8.78 Å². The Hall–Kier alpha value is -3.04. The molecule has 0 saturated carbocycles. The molecule has 6 heteroatoms. The average molecular weight is 340 g/mol. The number of nitriles is 1. The fourth-order valence-electron chi connectivity index (χ4n) is 2.34. The SMILES string of the molecule is N#Cc1cc(-c2cc(F)c(C=O)s2)ccc1-c1ccc(N)c(F)c1. The zero-order valence-electron chi connectivity index (χ0n) is 12.2. The maximum Gasteiger partial charge on any atom is 0.163 e. The summed E-state index contributed by atoms with van der Waals surface area (Å²) in [4.78, 5) is 11.3. The van der Waals surface area contributed by atoms with Crippen LogP contribution < -0.4 is 5.73 Å². The molecule has 3 aromatic rings. The largest absolute Gasteiger partial charge is 0.396 e. The molecule has 1 aromatic heterocycles. The van der Waals surface area contributed by atoms with Gasteiger partial charge >= 0.3 is 0 Å². The summed E-state index contributed by atoms with van der Waals surface area (Å²) in [6.07, 6.45) is 0.459. The van der Waals surface area contributed by atoms with E-state index in [1.54, 1.807) is 24.3 Å². The first-order valence-electron chi connectivity index (χ1n) is 6.88. The molecule has 0 unspecified atom stereocenters. The predicted molar refractivity (Wildman–Crippen MR) is 89.6 cm³/mol. The molecule has 1 heterocycles. The number of nitrogens with two attached hydrogens (primary N) is 1. The molecule has 2 N–H and O–H groups in total. The Balaban J connectivity index is 2.09. The lowest BCUT2D eigenvalue weighted by Crippen LogP contribution is -1.92. The van der Waals surface area contributed by atoms with Crippen LogP contribution in [-0.4, -0.2) is 6.29 Å². The minimum atomic E-state index is -0.590. The van der Waals surface area contributed by atoms with Gasteiger partial charge in [-0.1, -0.05) is 18.2 Å². The summed E-state index contributed by atoms with van der Waals surface area (Å²) in [5, 5.41) is 9.39. The summed E-state index contributed by atoms with van der Waals surface area (Å²) in [7, 11) is 0. The number of nitrogens with zero attached hydrogens (tertiary/aromatic N) is 1. The van der Waals surface area contributed by atoms with Crippen LogP contribution in [0, 0.1) is 23.0 Å². The van der Waals surface area contributed by atoms with Gasteiger partial charge in [0.25, 0.3) is 0 Å². The number of benzene rings is 2. The minimum Gasteiger partial charge on any atom is -0.396 e. The van der Waals surface area contributed by atoms with E-state index in [0.29, 0.717) is 33.4 Å². The van der Waals surface area contributed by atoms with E-state index < -0.39 is 11.6 Å². The molecule has 0 amide bonds. The molecular weight excluding hydrogens is 330 g/mol. The molecule has 0 aliphatic carbocycles. The predicted octanol–water partition coefficient (Wildman–Crippen LogP) is 4.63. The molecule has 0 spiro atoms. The lowest BCUT2D eigenvalue weighted by atomic mass is 9.97. The Morgan fingerprint density at radius 1 is 1.04 bits per heavy atom. The zero-order valence-corrected chi connectivity index (χ0v) is 13.0. The van der Waals surface area contributed by atoms with Crippen LogP contribution in [0.4, 0.5) is 14.5 Å². The molecule has 0 aliphatic rings. The molecule has 3 nitrogen and oxygen atoms in total. The van der Waals surface area contributed by atoms with Crippen LogP contribution in [0.25, 0.3) is 21.6 Å². The van der Waals surface area contributed by atoms with Crippen molar-refractivity contribution in [2.45, 2.75) is 0 Å². The molecule has 24 heavy (non-hydrogen) atoms. The molecule has 3 rings (SSSR count). The summed E-state index contributed by atoms with van der Waals surface area (Å²) in [6.45, 7) is 0. The van der Waals surface area contributed by atoms with Crippen LogP contribution in [0.3, 0.4) is 0 Å². The van der Waals surface area contributed by atoms with Gasteiger partial charge in [-0.2, -0.15) is 5.26 Å². The van der Waals surface area contributed by atoms with Crippen LogP contribution >= 0.6 is 11.3 Å². The molecular formula is C18H10F2N2OS. The second-order valence-corrected chi connectivity index (χ2v) is 6.13.